The summed E-state index contributed by atoms with van der Waals surface area (Å²) < 4.78 is 4.70. The fourth-order valence-electron chi connectivity index (χ4n) is 1.80. The first kappa shape index (κ1) is 14.6. The summed E-state index contributed by atoms with van der Waals surface area (Å²) in [4.78, 5) is 30.4. The minimum absolute atomic E-state index is 0.273. The summed E-state index contributed by atoms with van der Waals surface area (Å²) in [5.74, 6) is -0.521. The third kappa shape index (κ3) is 4.34. The van der Waals surface area contributed by atoms with Crippen LogP contribution >= 0.6 is 0 Å². The van der Waals surface area contributed by atoms with Crippen LogP contribution in [0.15, 0.2) is 42.9 Å². The van der Waals surface area contributed by atoms with E-state index in [0.717, 1.165) is 5.69 Å². The van der Waals surface area contributed by atoms with Gasteiger partial charge in [0.05, 0.1) is 13.4 Å². The molecule has 0 saturated carbocycles. The maximum absolute atomic E-state index is 11.9. The molecule has 0 aliphatic carbocycles. The molecule has 7 heteroatoms. The van der Waals surface area contributed by atoms with Gasteiger partial charge in [0.2, 0.25) is 0 Å². The zero-order valence-corrected chi connectivity index (χ0v) is 11.5. The molecule has 2 aromatic rings. The number of amides is 2. The van der Waals surface area contributed by atoms with Gasteiger partial charge in [-0.2, -0.15) is 0 Å². The van der Waals surface area contributed by atoms with Crippen molar-refractivity contribution in [3.8, 4) is 0 Å². The minimum Gasteiger partial charge on any atom is -0.467 e. The average Bonchev–Trinajstić information content (AvgIpc) is 2.99. The highest BCUT2D eigenvalue weighted by atomic mass is 16.5. The number of hydrogen-bond acceptors (Lipinski definition) is 4. The number of nitrogens with one attached hydrogen (secondary N) is 3. The number of rotatable bonds is 5. The lowest BCUT2D eigenvalue weighted by molar-refractivity contribution is -0.142. The summed E-state index contributed by atoms with van der Waals surface area (Å²) in [7, 11) is 1.28. The highest BCUT2D eigenvalue weighted by molar-refractivity contribution is 5.92. The van der Waals surface area contributed by atoms with E-state index in [-0.39, 0.29) is 6.42 Å². The van der Waals surface area contributed by atoms with Crippen molar-refractivity contribution in [3.05, 3.63) is 48.5 Å². The molecule has 0 unspecified atom stereocenters. The summed E-state index contributed by atoms with van der Waals surface area (Å²) in [5, 5.41) is 5.23. The Kier molecular flexibility index (Phi) is 4.92. The summed E-state index contributed by atoms with van der Waals surface area (Å²) in [6, 6.07) is 7.69. The van der Waals surface area contributed by atoms with Gasteiger partial charge in [0.25, 0.3) is 0 Å². The van der Waals surface area contributed by atoms with Crippen LogP contribution < -0.4 is 10.6 Å². The van der Waals surface area contributed by atoms with Crippen LogP contribution in [-0.4, -0.2) is 35.1 Å². The first-order valence-electron chi connectivity index (χ1n) is 6.36. The summed E-state index contributed by atoms with van der Waals surface area (Å²) in [6.45, 7) is 0. The minimum atomic E-state index is -0.792. The Morgan fingerprint density at radius 3 is 2.71 bits per heavy atom. The molecule has 21 heavy (non-hydrogen) atoms. The maximum atomic E-state index is 11.9. The van der Waals surface area contributed by atoms with Crippen molar-refractivity contribution in [2.24, 2.45) is 0 Å². The third-order valence-electron chi connectivity index (χ3n) is 2.80. The van der Waals surface area contributed by atoms with Gasteiger partial charge >= 0.3 is 12.0 Å². The molecule has 1 aromatic carbocycles. The molecule has 7 nitrogen and oxygen atoms in total. The van der Waals surface area contributed by atoms with E-state index >= 15 is 0 Å². The molecular weight excluding hydrogens is 272 g/mol. The number of nitrogens with zero attached hydrogens (tertiary/aromatic N) is 1. The van der Waals surface area contributed by atoms with Gasteiger partial charge in [-0.25, -0.2) is 14.6 Å². The average molecular weight is 288 g/mol. The van der Waals surface area contributed by atoms with E-state index in [1.807, 2.05) is 6.07 Å². The Labute approximate surface area is 121 Å². The van der Waals surface area contributed by atoms with Crippen LogP contribution in [-0.2, 0) is 16.0 Å². The maximum Gasteiger partial charge on any atom is 0.328 e. The molecule has 1 heterocycles. The molecule has 0 aliphatic rings. The van der Waals surface area contributed by atoms with Gasteiger partial charge in [0.15, 0.2) is 0 Å². The number of imidazole rings is 1. The van der Waals surface area contributed by atoms with Gasteiger partial charge in [-0.05, 0) is 12.1 Å². The van der Waals surface area contributed by atoms with Crippen LogP contribution in [0.2, 0.25) is 0 Å². The van der Waals surface area contributed by atoms with Crippen LogP contribution in [0.25, 0.3) is 0 Å². The number of urea groups is 1. The highest BCUT2D eigenvalue weighted by Gasteiger charge is 2.22. The lowest BCUT2D eigenvalue weighted by Gasteiger charge is -2.16. The number of H-pyrrole nitrogens is 1. The Morgan fingerprint density at radius 1 is 1.33 bits per heavy atom. The Bertz CT molecular complexity index is 584. The molecule has 2 amide bonds. The lowest BCUT2D eigenvalue weighted by Crippen LogP contribution is -2.45. The quantitative estimate of drug-likeness (QED) is 0.723. The fourth-order valence-corrected chi connectivity index (χ4v) is 1.80. The van der Waals surface area contributed by atoms with Gasteiger partial charge in [-0.15, -0.1) is 0 Å². The normalized spacial score (nSPS) is 11.5. The van der Waals surface area contributed by atoms with Crippen LogP contribution in [0.3, 0.4) is 0 Å². The molecule has 0 saturated heterocycles. The number of anilines is 1. The summed E-state index contributed by atoms with van der Waals surface area (Å²) in [6.07, 6.45) is 3.37. The predicted octanol–water partition coefficient (Wildman–Crippen LogP) is 1.32. The number of benzene rings is 1. The second kappa shape index (κ2) is 7.09. The highest BCUT2D eigenvalue weighted by Crippen LogP contribution is 2.05. The molecule has 0 aliphatic heterocycles. The number of aromatic nitrogens is 2. The smallest absolute Gasteiger partial charge is 0.328 e. The zero-order chi connectivity index (χ0) is 15.1. The second-order valence-corrected chi connectivity index (χ2v) is 4.32. The van der Waals surface area contributed by atoms with Crippen molar-refractivity contribution in [2.45, 2.75) is 12.5 Å². The summed E-state index contributed by atoms with van der Waals surface area (Å²) >= 11 is 0. The van der Waals surface area contributed by atoms with E-state index < -0.39 is 18.0 Å². The van der Waals surface area contributed by atoms with Crippen molar-refractivity contribution >= 4 is 17.7 Å². The monoisotopic (exact) mass is 288 g/mol. The molecule has 3 N–H and O–H groups in total. The van der Waals surface area contributed by atoms with Crippen LogP contribution in [0.4, 0.5) is 10.5 Å². The van der Waals surface area contributed by atoms with Crippen LogP contribution in [0.5, 0.6) is 0 Å². The van der Waals surface area contributed by atoms with E-state index in [1.165, 1.54) is 13.4 Å². The predicted molar refractivity (Wildman–Crippen MR) is 76.7 cm³/mol. The number of carbonyl (C=O) groups is 2. The van der Waals surface area contributed by atoms with E-state index in [1.54, 1.807) is 30.5 Å². The van der Waals surface area contributed by atoms with E-state index in [4.69, 9.17) is 4.74 Å². The van der Waals surface area contributed by atoms with Gasteiger partial charge in [0.1, 0.15) is 6.04 Å². The topological polar surface area (TPSA) is 96.1 Å². The molecule has 110 valence electrons. The second-order valence-electron chi connectivity index (χ2n) is 4.32. The van der Waals surface area contributed by atoms with Crippen molar-refractivity contribution in [2.75, 3.05) is 12.4 Å². The van der Waals surface area contributed by atoms with Crippen molar-refractivity contribution in [1.82, 2.24) is 15.3 Å². The number of hydrogen-bond donors (Lipinski definition) is 3. The van der Waals surface area contributed by atoms with Crippen molar-refractivity contribution < 1.29 is 14.3 Å². The van der Waals surface area contributed by atoms with Crippen molar-refractivity contribution in [1.29, 1.82) is 0 Å². The number of carbonyl (C=O) groups excluding carboxylic acids is 2. The van der Waals surface area contributed by atoms with Gasteiger partial charge in [0, 0.05) is 24.0 Å². The SMILES string of the molecule is COC(=O)[C@H](Cc1cnc[nH]1)NC(=O)Nc1ccccc1. The largest absolute Gasteiger partial charge is 0.467 e. The molecule has 0 bridgehead atoms. The molecule has 2 rings (SSSR count). The zero-order valence-electron chi connectivity index (χ0n) is 11.5. The lowest BCUT2D eigenvalue weighted by atomic mass is 10.1. The molecule has 0 radical (unpaired) electrons. The summed E-state index contributed by atoms with van der Waals surface area (Å²) in [5.41, 5.74) is 1.37. The number of ether oxygens (including phenoxy) is 1. The Hall–Kier alpha value is -2.83. The standard InChI is InChI=1S/C14H16N4O3/c1-21-13(19)12(7-11-8-15-9-16-11)18-14(20)17-10-5-3-2-4-6-10/h2-6,8-9,12H,7H2,1H3,(H,15,16)(H2,17,18,20)/t12-/m0/s1. The van der Waals surface area contributed by atoms with E-state index in [0.29, 0.717) is 5.69 Å². The third-order valence-corrected chi connectivity index (χ3v) is 2.80. The Balaban J connectivity index is 1.97. The molecular formula is C14H16N4O3. The van der Waals surface area contributed by atoms with E-state index in [9.17, 15) is 9.59 Å². The van der Waals surface area contributed by atoms with Crippen LogP contribution in [0.1, 0.15) is 5.69 Å². The number of esters is 1. The van der Waals surface area contributed by atoms with Crippen molar-refractivity contribution in [3.63, 3.8) is 0 Å². The molecule has 0 fully saturated rings. The first-order valence-corrected chi connectivity index (χ1v) is 6.36. The van der Waals surface area contributed by atoms with Gasteiger partial charge < -0.3 is 20.4 Å². The number of methoxy groups -OCH3 is 1. The first-order chi connectivity index (χ1) is 10.2. The molecule has 1 atom stereocenters. The van der Waals surface area contributed by atoms with E-state index in [2.05, 4.69) is 20.6 Å². The van der Waals surface area contributed by atoms with Gasteiger partial charge in [-0.1, -0.05) is 18.2 Å². The number of aromatic amines is 1. The molecule has 1 aromatic heterocycles. The molecule has 0 spiro atoms. The van der Waals surface area contributed by atoms with Crippen LogP contribution in [0, 0.1) is 0 Å². The fraction of sp³-hybridized carbons (Fsp3) is 0.214. The van der Waals surface area contributed by atoms with Gasteiger partial charge in [-0.3, -0.25) is 0 Å². The number of para-hydroxylation sites is 1. The Morgan fingerprint density at radius 2 is 2.10 bits per heavy atom.